The van der Waals surface area contributed by atoms with Crippen LogP contribution >= 0.6 is 0 Å². The minimum atomic E-state index is -0.824. The topological polar surface area (TPSA) is 83.2 Å². The van der Waals surface area contributed by atoms with Gasteiger partial charge in [-0.15, -0.1) is 0 Å². The highest BCUT2D eigenvalue weighted by atomic mass is 16.6. The molecule has 3 aromatic rings. The number of benzene rings is 1. The first-order valence-corrected chi connectivity index (χ1v) is 7.61. The van der Waals surface area contributed by atoms with E-state index < -0.39 is 5.60 Å². The molecule has 0 N–H and O–H groups in total. The lowest BCUT2D eigenvalue weighted by atomic mass is 10.1. The van der Waals surface area contributed by atoms with Crippen molar-refractivity contribution >= 4 is 0 Å². The molecule has 1 unspecified atom stereocenters. The second-order valence-electron chi connectivity index (χ2n) is 5.91. The molecule has 0 spiro atoms. The number of rotatable bonds is 2. The summed E-state index contributed by atoms with van der Waals surface area (Å²) in [6.07, 6.45) is 1.69. The summed E-state index contributed by atoms with van der Waals surface area (Å²) in [4.78, 5) is 13.0. The van der Waals surface area contributed by atoms with Gasteiger partial charge in [0.2, 0.25) is 11.4 Å². The highest BCUT2D eigenvalue weighted by molar-refractivity contribution is 5.54. The van der Waals surface area contributed by atoms with E-state index in [0.29, 0.717) is 41.2 Å². The highest BCUT2D eigenvalue weighted by Gasteiger charge is 2.39. The molecule has 122 valence electrons. The maximum absolute atomic E-state index is 6.06. The molecule has 0 bridgehead atoms. The van der Waals surface area contributed by atoms with Crippen LogP contribution in [0, 0.1) is 13.8 Å². The van der Waals surface area contributed by atoms with Crippen LogP contribution in [0.4, 0.5) is 0 Å². The summed E-state index contributed by atoms with van der Waals surface area (Å²) >= 11 is 0. The van der Waals surface area contributed by atoms with E-state index in [4.69, 9.17) is 14.0 Å². The highest BCUT2D eigenvalue weighted by Crippen LogP contribution is 2.38. The number of hydrogen-bond acceptors (Lipinski definition) is 7. The van der Waals surface area contributed by atoms with E-state index in [1.165, 1.54) is 0 Å². The Morgan fingerprint density at radius 2 is 1.88 bits per heavy atom. The lowest BCUT2D eigenvalue weighted by molar-refractivity contribution is -0.00588. The number of nitrogens with zero attached hydrogens (tertiary/aromatic N) is 4. The number of aromatic nitrogens is 4. The fraction of sp³-hybridized carbons (Fsp3) is 0.294. The molecule has 1 aliphatic heterocycles. The molecule has 24 heavy (non-hydrogen) atoms. The van der Waals surface area contributed by atoms with Gasteiger partial charge in [0.1, 0.15) is 12.4 Å². The molecule has 0 radical (unpaired) electrons. The second kappa shape index (κ2) is 5.30. The van der Waals surface area contributed by atoms with Gasteiger partial charge >= 0.3 is 0 Å². The van der Waals surface area contributed by atoms with Crippen LogP contribution in [-0.2, 0) is 5.60 Å². The number of fused-ring (bicyclic) bond motifs is 1. The summed E-state index contributed by atoms with van der Waals surface area (Å²) in [5.74, 6) is 2.86. The zero-order valence-electron chi connectivity index (χ0n) is 13.6. The van der Waals surface area contributed by atoms with Gasteiger partial charge in [0, 0.05) is 6.20 Å². The smallest absolute Gasteiger partial charge is 0.261 e. The molecule has 0 amide bonds. The van der Waals surface area contributed by atoms with Crippen molar-refractivity contribution in [1.82, 2.24) is 20.1 Å². The van der Waals surface area contributed by atoms with Crippen molar-refractivity contribution in [2.75, 3.05) is 6.61 Å². The molecule has 4 rings (SSSR count). The van der Waals surface area contributed by atoms with Crippen LogP contribution < -0.4 is 9.47 Å². The number of aryl methyl sites for hydroxylation is 2. The molecule has 1 aliphatic rings. The maximum Gasteiger partial charge on any atom is 0.261 e. The standard InChI is InChI=1S/C17H16N4O3/c1-10-12(8-18-11(2)19-10)15-20-16(21-24-15)17(3)9-22-13-6-4-5-7-14(13)23-17/h4-8H,9H2,1-3H3. The minimum absolute atomic E-state index is 0.298. The molecule has 0 saturated heterocycles. The third kappa shape index (κ3) is 2.38. The van der Waals surface area contributed by atoms with Crippen LogP contribution in [-0.4, -0.2) is 26.7 Å². The molecule has 3 heterocycles. The van der Waals surface area contributed by atoms with Gasteiger partial charge in [0.05, 0.1) is 11.3 Å². The molecule has 1 atom stereocenters. The molecule has 0 fully saturated rings. The second-order valence-corrected chi connectivity index (χ2v) is 5.91. The van der Waals surface area contributed by atoms with E-state index in [1.807, 2.05) is 45.0 Å². The van der Waals surface area contributed by atoms with E-state index in [9.17, 15) is 0 Å². The van der Waals surface area contributed by atoms with Gasteiger partial charge in [0.15, 0.2) is 11.5 Å². The Morgan fingerprint density at radius 3 is 2.67 bits per heavy atom. The first kappa shape index (κ1) is 14.6. The van der Waals surface area contributed by atoms with Crippen LogP contribution in [0.15, 0.2) is 35.0 Å². The molecule has 0 aliphatic carbocycles. The molecule has 1 aromatic carbocycles. The molecule has 7 heteroatoms. The molecule has 0 saturated carbocycles. The normalized spacial score (nSPS) is 19.3. The summed E-state index contributed by atoms with van der Waals surface area (Å²) in [6, 6.07) is 7.51. The average Bonchev–Trinajstić information content (AvgIpc) is 3.05. The maximum atomic E-state index is 6.06. The van der Waals surface area contributed by atoms with Gasteiger partial charge in [-0.3, -0.25) is 0 Å². The Bertz CT molecular complexity index is 908. The van der Waals surface area contributed by atoms with Crippen LogP contribution in [0.2, 0.25) is 0 Å². The van der Waals surface area contributed by atoms with Gasteiger partial charge in [0.25, 0.3) is 5.89 Å². The van der Waals surface area contributed by atoms with E-state index in [2.05, 4.69) is 20.1 Å². The van der Waals surface area contributed by atoms with E-state index >= 15 is 0 Å². The van der Waals surface area contributed by atoms with E-state index in [-0.39, 0.29) is 0 Å². The molecular weight excluding hydrogens is 308 g/mol. The van der Waals surface area contributed by atoms with Gasteiger partial charge in [-0.1, -0.05) is 17.3 Å². The van der Waals surface area contributed by atoms with Crippen molar-refractivity contribution in [3.8, 4) is 23.0 Å². The first-order valence-electron chi connectivity index (χ1n) is 7.61. The Kier molecular flexibility index (Phi) is 3.23. The number of ether oxygens (including phenoxy) is 2. The Hall–Kier alpha value is -2.96. The lowest BCUT2D eigenvalue weighted by Gasteiger charge is -2.32. The quantitative estimate of drug-likeness (QED) is 0.716. The van der Waals surface area contributed by atoms with Crippen molar-refractivity contribution in [3.63, 3.8) is 0 Å². The molecule has 7 nitrogen and oxygen atoms in total. The van der Waals surface area contributed by atoms with Crippen molar-refractivity contribution in [2.45, 2.75) is 26.4 Å². The van der Waals surface area contributed by atoms with Gasteiger partial charge in [-0.25, -0.2) is 9.97 Å². The van der Waals surface area contributed by atoms with Crippen LogP contribution in [0.1, 0.15) is 24.3 Å². The fourth-order valence-electron chi connectivity index (χ4n) is 2.59. The zero-order chi connectivity index (χ0) is 16.7. The van der Waals surface area contributed by atoms with Gasteiger partial charge in [-0.05, 0) is 32.9 Å². The third-order valence-corrected chi connectivity index (χ3v) is 3.92. The summed E-state index contributed by atoms with van der Waals surface area (Å²) in [7, 11) is 0. The first-order chi connectivity index (χ1) is 11.5. The van der Waals surface area contributed by atoms with Crippen LogP contribution in [0.25, 0.3) is 11.5 Å². The summed E-state index contributed by atoms with van der Waals surface area (Å²) in [5, 5.41) is 4.08. The van der Waals surface area contributed by atoms with E-state index in [0.717, 1.165) is 5.69 Å². The number of para-hydroxylation sites is 2. The lowest BCUT2D eigenvalue weighted by Crippen LogP contribution is -2.40. The van der Waals surface area contributed by atoms with Crippen molar-refractivity contribution in [2.24, 2.45) is 0 Å². The fourth-order valence-corrected chi connectivity index (χ4v) is 2.59. The van der Waals surface area contributed by atoms with Gasteiger partial charge in [-0.2, -0.15) is 4.98 Å². The Balaban J connectivity index is 1.68. The zero-order valence-corrected chi connectivity index (χ0v) is 13.6. The predicted molar refractivity (Wildman–Crippen MR) is 84.7 cm³/mol. The average molecular weight is 324 g/mol. The third-order valence-electron chi connectivity index (χ3n) is 3.92. The minimum Gasteiger partial charge on any atom is -0.485 e. The summed E-state index contributed by atoms with van der Waals surface area (Å²) in [6.45, 7) is 5.89. The molecule has 2 aromatic heterocycles. The molecular formula is C17H16N4O3. The van der Waals surface area contributed by atoms with Crippen molar-refractivity contribution < 1.29 is 14.0 Å². The summed E-state index contributed by atoms with van der Waals surface area (Å²) in [5.41, 5.74) is 0.671. The summed E-state index contributed by atoms with van der Waals surface area (Å²) < 4.78 is 17.2. The van der Waals surface area contributed by atoms with Crippen LogP contribution in [0.5, 0.6) is 11.5 Å². The SMILES string of the molecule is Cc1ncc(-c2nc(C3(C)COc4ccccc4O3)no2)c(C)n1. The van der Waals surface area contributed by atoms with Gasteiger partial charge < -0.3 is 14.0 Å². The number of hydrogen-bond donors (Lipinski definition) is 0. The van der Waals surface area contributed by atoms with Crippen LogP contribution in [0.3, 0.4) is 0 Å². The predicted octanol–water partition coefficient (Wildman–Crippen LogP) is 2.83. The van der Waals surface area contributed by atoms with Crippen molar-refractivity contribution in [1.29, 1.82) is 0 Å². The Labute approximate surface area is 138 Å². The van der Waals surface area contributed by atoms with Crippen molar-refractivity contribution in [3.05, 3.63) is 47.8 Å². The van der Waals surface area contributed by atoms with E-state index in [1.54, 1.807) is 6.20 Å². The Morgan fingerprint density at radius 1 is 1.08 bits per heavy atom. The monoisotopic (exact) mass is 324 g/mol. The largest absolute Gasteiger partial charge is 0.485 e.